The van der Waals surface area contributed by atoms with Gasteiger partial charge in [0.05, 0.1) is 13.0 Å². The number of rotatable bonds is 11. The maximum atomic E-state index is 12.6. The van der Waals surface area contributed by atoms with E-state index in [9.17, 15) is 24.3 Å². The minimum atomic E-state index is -1.25. The van der Waals surface area contributed by atoms with Gasteiger partial charge in [-0.25, -0.2) is 9.59 Å². The van der Waals surface area contributed by atoms with Crippen molar-refractivity contribution in [2.24, 2.45) is 5.92 Å². The summed E-state index contributed by atoms with van der Waals surface area (Å²) in [5.41, 5.74) is 4.44. The SMILES string of the molecule is CCC(CNC(=O)OCC1c2ccccc2-c2ccccc21)C(=O)N[C@H](CCC(=O)OC)C(=O)O. The van der Waals surface area contributed by atoms with Gasteiger partial charge < -0.3 is 25.2 Å². The Bertz CT molecular complexity index is 1040. The molecular weight excluding hydrogens is 452 g/mol. The zero-order chi connectivity index (χ0) is 25.4. The Morgan fingerprint density at radius 3 is 2.14 bits per heavy atom. The van der Waals surface area contributed by atoms with Gasteiger partial charge >= 0.3 is 18.0 Å². The third-order valence-corrected chi connectivity index (χ3v) is 6.18. The summed E-state index contributed by atoms with van der Waals surface area (Å²) in [6.07, 6.45) is -0.510. The molecule has 2 atom stereocenters. The first-order valence-corrected chi connectivity index (χ1v) is 11.5. The van der Waals surface area contributed by atoms with Crippen molar-refractivity contribution in [1.29, 1.82) is 0 Å². The summed E-state index contributed by atoms with van der Waals surface area (Å²) in [6.45, 7) is 1.90. The Morgan fingerprint density at radius 1 is 1.00 bits per heavy atom. The summed E-state index contributed by atoms with van der Waals surface area (Å²) in [5, 5.41) is 14.4. The standard InChI is InChI=1S/C26H30N2O7/c1-3-16(24(30)28-22(25(31)32)12-13-23(29)34-2)14-27-26(33)35-15-21-19-10-6-4-8-17(19)18-9-5-7-11-20(18)21/h4-11,16,21-22H,3,12-15H2,1-2H3,(H,27,33)(H,28,30)(H,31,32)/t16?,22-/m1/s1. The van der Waals surface area contributed by atoms with Crippen molar-refractivity contribution in [3.63, 3.8) is 0 Å². The van der Waals surface area contributed by atoms with E-state index in [-0.39, 0.29) is 31.9 Å². The van der Waals surface area contributed by atoms with E-state index in [4.69, 9.17) is 4.74 Å². The van der Waals surface area contributed by atoms with Crippen molar-refractivity contribution >= 4 is 23.9 Å². The van der Waals surface area contributed by atoms with Gasteiger partial charge in [0.25, 0.3) is 0 Å². The maximum absolute atomic E-state index is 12.6. The van der Waals surface area contributed by atoms with Gasteiger partial charge in [-0.2, -0.15) is 0 Å². The van der Waals surface area contributed by atoms with Crippen LogP contribution in [-0.2, 0) is 23.9 Å². The number of carboxylic acids is 1. The molecule has 0 heterocycles. The summed E-state index contributed by atoms with van der Waals surface area (Å²) in [5.74, 6) is -3.07. The fraction of sp³-hybridized carbons (Fsp3) is 0.385. The number of nitrogens with one attached hydrogen (secondary N) is 2. The van der Waals surface area contributed by atoms with E-state index in [1.807, 2.05) is 48.5 Å². The molecule has 0 aliphatic heterocycles. The molecule has 1 aliphatic carbocycles. The fourth-order valence-electron chi connectivity index (χ4n) is 4.19. The molecule has 1 unspecified atom stereocenters. The molecule has 186 valence electrons. The first-order valence-electron chi connectivity index (χ1n) is 11.5. The molecule has 3 N–H and O–H groups in total. The van der Waals surface area contributed by atoms with Crippen molar-refractivity contribution < 1.29 is 33.8 Å². The van der Waals surface area contributed by atoms with Crippen molar-refractivity contribution in [2.75, 3.05) is 20.3 Å². The molecule has 0 saturated carbocycles. The number of hydrogen-bond acceptors (Lipinski definition) is 6. The Labute approximate surface area is 203 Å². The molecule has 35 heavy (non-hydrogen) atoms. The van der Waals surface area contributed by atoms with Gasteiger partial charge in [0.15, 0.2) is 0 Å². The lowest BCUT2D eigenvalue weighted by Crippen LogP contribution is -2.46. The van der Waals surface area contributed by atoms with E-state index in [1.54, 1.807) is 6.92 Å². The second-order valence-corrected chi connectivity index (χ2v) is 8.33. The number of carboxylic acid groups (broad SMARTS) is 1. The van der Waals surface area contributed by atoms with E-state index in [1.165, 1.54) is 7.11 Å². The van der Waals surface area contributed by atoms with Crippen LogP contribution in [0.15, 0.2) is 48.5 Å². The number of aliphatic carboxylic acids is 1. The number of ether oxygens (including phenoxy) is 2. The minimum Gasteiger partial charge on any atom is -0.480 e. The quantitative estimate of drug-likeness (QED) is 0.420. The third kappa shape index (κ3) is 6.38. The van der Waals surface area contributed by atoms with Crippen LogP contribution in [0.2, 0.25) is 0 Å². The third-order valence-electron chi connectivity index (χ3n) is 6.18. The van der Waals surface area contributed by atoms with Gasteiger partial charge in [-0.1, -0.05) is 55.5 Å². The van der Waals surface area contributed by atoms with Crippen molar-refractivity contribution in [1.82, 2.24) is 10.6 Å². The fourth-order valence-corrected chi connectivity index (χ4v) is 4.19. The molecule has 0 aromatic heterocycles. The summed E-state index contributed by atoms with van der Waals surface area (Å²) in [4.78, 5) is 47.7. The predicted molar refractivity (Wildman–Crippen MR) is 128 cm³/mol. The molecule has 2 aromatic carbocycles. The Kier molecular flexibility index (Phi) is 8.83. The van der Waals surface area contributed by atoms with Crippen LogP contribution in [0, 0.1) is 5.92 Å². The van der Waals surface area contributed by atoms with Crippen LogP contribution in [0.25, 0.3) is 11.1 Å². The number of esters is 1. The number of amides is 2. The van der Waals surface area contributed by atoms with Crippen LogP contribution in [0.5, 0.6) is 0 Å². The van der Waals surface area contributed by atoms with Gasteiger partial charge in [0, 0.05) is 18.9 Å². The highest BCUT2D eigenvalue weighted by molar-refractivity contribution is 5.86. The van der Waals surface area contributed by atoms with Gasteiger partial charge in [0.2, 0.25) is 5.91 Å². The van der Waals surface area contributed by atoms with Gasteiger partial charge in [-0.15, -0.1) is 0 Å². The zero-order valence-corrected chi connectivity index (χ0v) is 19.8. The van der Waals surface area contributed by atoms with E-state index in [2.05, 4.69) is 15.4 Å². The number of carbonyl (C=O) groups excluding carboxylic acids is 3. The molecular formula is C26H30N2O7. The first-order chi connectivity index (χ1) is 16.8. The van der Waals surface area contributed by atoms with E-state index >= 15 is 0 Å². The smallest absolute Gasteiger partial charge is 0.407 e. The Hall–Kier alpha value is -3.88. The Morgan fingerprint density at radius 2 is 1.60 bits per heavy atom. The van der Waals surface area contributed by atoms with Gasteiger partial charge in [-0.05, 0) is 35.1 Å². The topological polar surface area (TPSA) is 131 Å². The second kappa shape index (κ2) is 12.0. The maximum Gasteiger partial charge on any atom is 0.407 e. The summed E-state index contributed by atoms with van der Waals surface area (Å²) < 4.78 is 10.00. The summed E-state index contributed by atoms with van der Waals surface area (Å²) in [7, 11) is 1.21. The number of fused-ring (bicyclic) bond motifs is 3. The zero-order valence-electron chi connectivity index (χ0n) is 19.8. The molecule has 2 aromatic rings. The number of carbonyl (C=O) groups is 4. The first kappa shape index (κ1) is 25.7. The van der Waals surface area contributed by atoms with Gasteiger partial charge in [-0.3, -0.25) is 9.59 Å². The predicted octanol–water partition coefficient (Wildman–Crippen LogP) is 3.07. The molecule has 0 saturated heterocycles. The normalized spacial score (nSPS) is 13.7. The van der Waals surface area contributed by atoms with Crippen LogP contribution in [-0.4, -0.2) is 55.3 Å². The Balaban J connectivity index is 1.52. The molecule has 1 aliphatic rings. The van der Waals surface area contributed by atoms with Crippen LogP contribution in [0.3, 0.4) is 0 Å². The lowest BCUT2D eigenvalue weighted by molar-refractivity contribution is -0.144. The van der Waals surface area contributed by atoms with Crippen molar-refractivity contribution in [3.05, 3.63) is 59.7 Å². The molecule has 2 amide bonds. The highest BCUT2D eigenvalue weighted by Crippen LogP contribution is 2.44. The molecule has 0 radical (unpaired) electrons. The molecule has 9 heteroatoms. The second-order valence-electron chi connectivity index (χ2n) is 8.33. The van der Waals surface area contributed by atoms with Crippen LogP contribution >= 0.6 is 0 Å². The molecule has 9 nitrogen and oxygen atoms in total. The molecule has 0 fully saturated rings. The molecule has 0 bridgehead atoms. The van der Waals surface area contributed by atoms with E-state index in [0.717, 1.165) is 22.3 Å². The van der Waals surface area contributed by atoms with Crippen LogP contribution in [0.1, 0.15) is 43.2 Å². The number of benzene rings is 2. The largest absolute Gasteiger partial charge is 0.480 e. The average molecular weight is 483 g/mol. The number of hydrogen-bond donors (Lipinski definition) is 3. The highest BCUT2D eigenvalue weighted by Gasteiger charge is 2.29. The van der Waals surface area contributed by atoms with E-state index in [0.29, 0.717) is 6.42 Å². The van der Waals surface area contributed by atoms with Crippen LogP contribution in [0.4, 0.5) is 4.79 Å². The van der Waals surface area contributed by atoms with Crippen LogP contribution < -0.4 is 10.6 Å². The van der Waals surface area contributed by atoms with Crippen molar-refractivity contribution in [3.8, 4) is 11.1 Å². The monoisotopic (exact) mass is 482 g/mol. The number of alkyl carbamates (subject to hydrolysis) is 1. The van der Waals surface area contributed by atoms with E-state index < -0.39 is 35.9 Å². The summed E-state index contributed by atoms with van der Waals surface area (Å²) >= 11 is 0. The molecule has 0 spiro atoms. The van der Waals surface area contributed by atoms with Gasteiger partial charge in [0.1, 0.15) is 12.6 Å². The lowest BCUT2D eigenvalue weighted by atomic mass is 9.98. The highest BCUT2D eigenvalue weighted by atomic mass is 16.5. The average Bonchev–Trinajstić information content (AvgIpc) is 3.18. The summed E-state index contributed by atoms with van der Waals surface area (Å²) in [6, 6.07) is 14.8. The minimum absolute atomic E-state index is 0.0116. The van der Waals surface area contributed by atoms with Crippen molar-refractivity contribution in [2.45, 2.75) is 38.1 Å². The molecule has 3 rings (SSSR count). The lowest BCUT2D eigenvalue weighted by Gasteiger charge is -2.20. The number of methoxy groups -OCH3 is 1.